The minimum atomic E-state index is -0.664. The largest absolute Gasteiger partial charge is 0.465 e. The van der Waals surface area contributed by atoms with Crippen LogP contribution in [0, 0.1) is 18.8 Å². The van der Waals surface area contributed by atoms with Gasteiger partial charge in [-0.05, 0) is 18.9 Å². The predicted molar refractivity (Wildman–Crippen MR) is 91.6 cm³/mol. The lowest BCUT2D eigenvalue weighted by atomic mass is 9.77. The Morgan fingerprint density at radius 2 is 2.12 bits per heavy atom. The van der Waals surface area contributed by atoms with Crippen LogP contribution in [-0.2, 0) is 25.6 Å². The van der Waals surface area contributed by atoms with E-state index in [2.05, 4.69) is 0 Å². The molecule has 2 fully saturated rings. The molecule has 0 unspecified atom stereocenters. The second-order valence-corrected chi connectivity index (χ2v) is 7.25. The summed E-state index contributed by atoms with van der Waals surface area (Å²) in [6.07, 6.45) is 4.32. The molecule has 1 spiro atoms. The van der Waals surface area contributed by atoms with Crippen LogP contribution in [0.1, 0.15) is 24.5 Å². The van der Waals surface area contributed by atoms with Crippen LogP contribution in [-0.4, -0.2) is 41.6 Å². The molecule has 3 heterocycles. The lowest BCUT2D eigenvalue weighted by molar-refractivity contribution is -0.153. The van der Waals surface area contributed by atoms with Gasteiger partial charge in [0.1, 0.15) is 11.5 Å². The van der Waals surface area contributed by atoms with Crippen LogP contribution in [0.25, 0.3) is 0 Å². The van der Waals surface area contributed by atoms with Crippen LogP contribution in [0.5, 0.6) is 0 Å². The standard InChI is InChI=1S/C20H23NO4/c1-3-10-24-19(23)16-15-8-9-20(25-15)12-21(18(22)17(16)20)11-14-6-4-13(2)5-7-14/h4-9,15-17H,3,10-12H2,1-2H3/t15-,16+,17-,20+/m1/s1. The average Bonchev–Trinajstić information content (AvgIpc) is 3.23. The van der Waals surface area contributed by atoms with Gasteiger partial charge < -0.3 is 14.4 Å². The number of benzene rings is 1. The Morgan fingerprint density at radius 1 is 1.36 bits per heavy atom. The number of rotatable bonds is 5. The molecule has 1 amide bonds. The number of carbonyl (C=O) groups is 2. The number of aryl methyl sites for hydroxylation is 1. The lowest BCUT2D eigenvalue weighted by Gasteiger charge is -2.22. The molecule has 0 N–H and O–H groups in total. The van der Waals surface area contributed by atoms with Crippen molar-refractivity contribution in [3.05, 3.63) is 47.5 Å². The van der Waals surface area contributed by atoms with E-state index in [9.17, 15) is 9.59 Å². The van der Waals surface area contributed by atoms with E-state index >= 15 is 0 Å². The molecule has 3 aliphatic heterocycles. The highest BCUT2D eigenvalue weighted by Gasteiger charge is 2.67. The monoisotopic (exact) mass is 341 g/mol. The Hall–Kier alpha value is -2.14. The van der Waals surface area contributed by atoms with E-state index in [1.807, 2.05) is 50.3 Å². The van der Waals surface area contributed by atoms with E-state index in [1.54, 1.807) is 4.90 Å². The van der Waals surface area contributed by atoms with E-state index in [4.69, 9.17) is 9.47 Å². The van der Waals surface area contributed by atoms with Crippen molar-refractivity contribution in [2.45, 2.75) is 38.5 Å². The Bertz CT molecular complexity index is 726. The molecule has 0 saturated carbocycles. The first-order valence-corrected chi connectivity index (χ1v) is 8.92. The normalized spacial score (nSPS) is 32.3. The fraction of sp³-hybridized carbons (Fsp3) is 0.500. The molecule has 4 atom stereocenters. The van der Waals surface area contributed by atoms with Gasteiger partial charge in [0.05, 0.1) is 25.2 Å². The van der Waals surface area contributed by atoms with E-state index in [-0.39, 0.29) is 18.0 Å². The van der Waals surface area contributed by atoms with Crippen molar-refractivity contribution in [3.63, 3.8) is 0 Å². The first-order chi connectivity index (χ1) is 12.0. The lowest BCUT2D eigenvalue weighted by Crippen LogP contribution is -2.40. The molecule has 1 aromatic rings. The van der Waals surface area contributed by atoms with Crippen molar-refractivity contribution in [1.29, 1.82) is 0 Å². The Balaban J connectivity index is 1.55. The number of ether oxygens (including phenoxy) is 2. The maximum absolute atomic E-state index is 13.0. The molecule has 5 heteroatoms. The minimum absolute atomic E-state index is 0.00845. The van der Waals surface area contributed by atoms with Gasteiger partial charge in [-0.25, -0.2) is 0 Å². The Kier molecular flexibility index (Phi) is 3.91. The molecule has 2 saturated heterocycles. The summed E-state index contributed by atoms with van der Waals surface area (Å²) in [6, 6.07) is 8.16. The minimum Gasteiger partial charge on any atom is -0.465 e. The number of esters is 1. The second-order valence-electron chi connectivity index (χ2n) is 7.25. The fourth-order valence-electron chi connectivity index (χ4n) is 4.19. The second kappa shape index (κ2) is 5.99. The third-order valence-electron chi connectivity index (χ3n) is 5.39. The molecule has 25 heavy (non-hydrogen) atoms. The smallest absolute Gasteiger partial charge is 0.312 e. The molecule has 132 valence electrons. The van der Waals surface area contributed by atoms with Gasteiger partial charge in [0, 0.05) is 6.54 Å². The quantitative estimate of drug-likeness (QED) is 0.609. The molecule has 0 radical (unpaired) electrons. The van der Waals surface area contributed by atoms with Gasteiger partial charge >= 0.3 is 5.97 Å². The maximum Gasteiger partial charge on any atom is 0.312 e. The molecule has 1 aromatic carbocycles. The fourth-order valence-corrected chi connectivity index (χ4v) is 4.19. The third kappa shape index (κ3) is 2.58. The number of amides is 1. The highest BCUT2D eigenvalue weighted by Crippen LogP contribution is 2.52. The Morgan fingerprint density at radius 3 is 2.84 bits per heavy atom. The molecule has 2 bridgehead atoms. The predicted octanol–water partition coefficient (Wildman–Crippen LogP) is 2.23. The van der Waals surface area contributed by atoms with Crippen LogP contribution in [0.2, 0.25) is 0 Å². The van der Waals surface area contributed by atoms with Crippen molar-refractivity contribution in [2.75, 3.05) is 13.2 Å². The van der Waals surface area contributed by atoms with Gasteiger partial charge in [0.25, 0.3) is 0 Å². The van der Waals surface area contributed by atoms with Gasteiger partial charge in [-0.1, -0.05) is 48.9 Å². The molecular weight excluding hydrogens is 318 g/mol. The molecular formula is C20H23NO4. The van der Waals surface area contributed by atoms with Gasteiger partial charge in [0.15, 0.2) is 0 Å². The van der Waals surface area contributed by atoms with Crippen molar-refractivity contribution in [2.24, 2.45) is 11.8 Å². The first kappa shape index (κ1) is 16.3. The summed E-state index contributed by atoms with van der Waals surface area (Å²) >= 11 is 0. The summed E-state index contributed by atoms with van der Waals surface area (Å²) in [5.74, 6) is -1.30. The summed E-state index contributed by atoms with van der Waals surface area (Å²) in [5, 5.41) is 0. The zero-order valence-corrected chi connectivity index (χ0v) is 14.6. The maximum atomic E-state index is 13.0. The van der Waals surface area contributed by atoms with Crippen molar-refractivity contribution in [3.8, 4) is 0 Å². The summed E-state index contributed by atoms with van der Waals surface area (Å²) in [7, 11) is 0. The third-order valence-corrected chi connectivity index (χ3v) is 5.39. The zero-order valence-electron chi connectivity index (χ0n) is 14.6. The molecule has 4 rings (SSSR count). The summed E-state index contributed by atoms with van der Waals surface area (Å²) in [4.78, 5) is 27.3. The van der Waals surface area contributed by atoms with Crippen molar-refractivity contribution < 1.29 is 19.1 Å². The molecule has 0 aliphatic carbocycles. The van der Waals surface area contributed by atoms with Crippen molar-refractivity contribution >= 4 is 11.9 Å². The Labute approximate surface area is 147 Å². The summed E-state index contributed by atoms with van der Waals surface area (Å²) in [6.45, 7) is 5.41. The van der Waals surface area contributed by atoms with Crippen LogP contribution in [0.4, 0.5) is 0 Å². The van der Waals surface area contributed by atoms with Crippen LogP contribution < -0.4 is 0 Å². The number of likely N-dealkylation sites (tertiary alicyclic amines) is 1. The van der Waals surface area contributed by atoms with Gasteiger partial charge in [-0.2, -0.15) is 0 Å². The number of fused-ring (bicyclic) bond motifs is 1. The number of nitrogens with zero attached hydrogens (tertiary/aromatic N) is 1. The SMILES string of the molecule is CCCOC(=O)[C@H]1[C@H]2C=C[C@@]3(CN(Cc4ccc(C)cc4)C(=O)[C@@H]13)O2. The molecule has 0 aromatic heterocycles. The first-order valence-electron chi connectivity index (χ1n) is 8.92. The van der Waals surface area contributed by atoms with E-state index in [0.29, 0.717) is 19.7 Å². The molecule has 5 nitrogen and oxygen atoms in total. The van der Waals surface area contributed by atoms with E-state index < -0.39 is 17.4 Å². The number of hydrogen-bond acceptors (Lipinski definition) is 4. The topological polar surface area (TPSA) is 55.8 Å². The van der Waals surface area contributed by atoms with Crippen LogP contribution in [0.15, 0.2) is 36.4 Å². The highest BCUT2D eigenvalue weighted by molar-refractivity contribution is 5.91. The van der Waals surface area contributed by atoms with E-state index in [0.717, 1.165) is 12.0 Å². The van der Waals surface area contributed by atoms with E-state index in [1.165, 1.54) is 5.56 Å². The zero-order chi connectivity index (χ0) is 17.6. The van der Waals surface area contributed by atoms with Gasteiger partial charge in [-0.3, -0.25) is 9.59 Å². The average molecular weight is 341 g/mol. The summed E-state index contributed by atoms with van der Waals surface area (Å²) in [5.41, 5.74) is 1.61. The summed E-state index contributed by atoms with van der Waals surface area (Å²) < 4.78 is 11.4. The van der Waals surface area contributed by atoms with Gasteiger partial charge in [-0.15, -0.1) is 0 Å². The van der Waals surface area contributed by atoms with Gasteiger partial charge in [0.2, 0.25) is 5.91 Å². The van der Waals surface area contributed by atoms with Crippen LogP contribution in [0.3, 0.4) is 0 Å². The highest BCUT2D eigenvalue weighted by atomic mass is 16.6. The van der Waals surface area contributed by atoms with Crippen LogP contribution >= 0.6 is 0 Å². The molecule has 3 aliphatic rings. The number of hydrogen-bond donors (Lipinski definition) is 0. The van der Waals surface area contributed by atoms with Crippen molar-refractivity contribution in [1.82, 2.24) is 4.90 Å². The number of carbonyl (C=O) groups excluding carboxylic acids is 2.